The van der Waals surface area contributed by atoms with Crippen molar-refractivity contribution in [3.63, 3.8) is 0 Å². The first-order chi connectivity index (χ1) is 7.75. The zero-order valence-corrected chi connectivity index (χ0v) is 10.2. The highest BCUT2D eigenvalue weighted by molar-refractivity contribution is 5.29. The van der Waals surface area contributed by atoms with Crippen LogP contribution in [-0.4, -0.2) is 41.1 Å². The minimum absolute atomic E-state index is 0.175. The fourth-order valence-corrected chi connectivity index (χ4v) is 3.24. The molecule has 3 heterocycles. The summed E-state index contributed by atoms with van der Waals surface area (Å²) in [5, 5.41) is 3.74. The lowest BCUT2D eigenvalue weighted by Gasteiger charge is -2.35. The van der Waals surface area contributed by atoms with E-state index in [9.17, 15) is 0 Å². The number of nitrogens with zero attached hydrogens (tertiary/aromatic N) is 3. The van der Waals surface area contributed by atoms with Crippen LogP contribution in [0.25, 0.3) is 0 Å². The maximum atomic E-state index is 4.58. The Bertz CT molecular complexity index is 384. The van der Waals surface area contributed by atoms with Crippen molar-refractivity contribution >= 4 is 0 Å². The first kappa shape index (κ1) is 10.3. The van der Waals surface area contributed by atoms with Crippen LogP contribution >= 0.6 is 0 Å². The lowest BCUT2D eigenvalue weighted by molar-refractivity contribution is 0.287. The molecule has 4 nitrogen and oxygen atoms in total. The first-order valence-corrected chi connectivity index (χ1v) is 6.23. The van der Waals surface area contributed by atoms with Gasteiger partial charge in [0.15, 0.2) is 0 Å². The third kappa shape index (κ3) is 1.33. The van der Waals surface area contributed by atoms with Crippen LogP contribution in [0.3, 0.4) is 0 Å². The average Bonchev–Trinajstić information content (AvgIpc) is 2.85. The van der Waals surface area contributed by atoms with Crippen molar-refractivity contribution in [2.45, 2.75) is 31.8 Å². The van der Waals surface area contributed by atoms with Crippen molar-refractivity contribution in [1.82, 2.24) is 19.8 Å². The van der Waals surface area contributed by atoms with Gasteiger partial charge >= 0.3 is 0 Å². The van der Waals surface area contributed by atoms with E-state index in [1.54, 1.807) is 0 Å². The predicted octanol–water partition coefficient (Wildman–Crippen LogP) is 0.579. The molecule has 1 saturated heterocycles. The highest BCUT2D eigenvalue weighted by atomic mass is 15.2. The molecule has 0 aliphatic carbocycles. The SMILES string of the molecule is CCn1cnc2c1C1(CCN(C)C1)NCC2. The largest absolute Gasteiger partial charge is 0.333 e. The molecule has 0 radical (unpaired) electrons. The Balaban J connectivity index is 2.07. The van der Waals surface area contributed by atoms with E-state index < -0.39 is 0 Å². The number of hydrogen-bond donors (Lipinski definition) is 1. The molecule has 1 atom stereocenters. The van der Waals surface area contributed by atoms with E-state index in [0.29, 0.717) is 0 Å². The van der Waals surface area contributed by atoms with Crippen molar-refractivity contribution < 1.29 is 0 Å². The van der Waals surface area contributed by atoms with Gasteiger partial charge in [0, 0.05) is 32.6 Å². The Labute approximate surface area is 96.7 Å². The number of aromatic nitrogens is 2. The van der Waals surface area contributed by atoms with Crippen molar-refractivity contribution in [1.29, 1.82) is 0 Å². The van der Waals surface area contributed by atoms with Gasteiger partial charge in [-0.25, -0.2) is 4.98 Å². The summed E-state index contributed by atoms with van der Waals surface area (Å²) in [4.78, 5) is 6.99. The van der Waals surface area contributed by atoms with Crippen LogP contribution in [0.5, 0.6) is 0 Å². The van der Waals surface area contributed by atoms with E-state index in [1.165, 1.54) is 24.4 Å². The predicted molar refractivity (Wildman–Crippen MR) is 63.4 cm³/mol. The summed E-state index contributed by atoms with van der Waals surface area (Å²) >= 11 is 0. The molecule has 3 rings (SSSR count). The van der Waals surface area contributed by atoms with Crippen LogP contribution in [0.4, 0.5) is 0 Å². The lowest BCUT2D eigenvalue weighted by Crippen LogP contribution is -2.50. The second-order valence-electron chi connectivity index (χ2n) is 5.07. The van der Waals surface area contributed by atoms with Gasteiger partial charge in [-0.15, -0.1) is 0 Å². The van der Waals surface area contributed by atoms with Crippen LogP contribution in [-0.2, 0) is 18.5 Å². The van der Waals surface area contributed by atoms with Crippen LogP contribution in [0, 0.1) is 0 Å². The summed E-state index contributed by atoms with van der Waals surface area (Å²) in [5.41, 5.74) is 2.94. The summed E-state index contributed by atoms with van der Waals surface area (Å²) in [6.07, 6.45) is 4.30. The zero-order valence-electron chi connectivity index (χ0n) is 10.2. The Morgan fingerprint density at radius 2 is 2.44 bits per heavy atom. The monoisotopic (exact) mass is 220 g/mol. The fourth-order valence-electron chi connectivity index (χ4n) is 3.24. The van der Waals surface area contributed by atoms with Gasteiger partial charge in [-0.05, 0) is 20.4 Å². The van der Waals surface area contributed by atoms with E-state index in [0.717, 1.165) is 26.1 Å². The molecular formula is C12H20N4. The molecule has 4 heteroatoms. The molecule has 0 bridgehead atoms. The van der Waals surface area contributed by atoms with Crippen LogP contribution < -0.4 is 5.32 Å². The molecule has 0 saturated carbocycles. The van der Waals surface area contributed by atoms with E-state index >= 15 is 0 Å². The maximum absolute atomic E-state index is 4.58. The first-order valence-electron chi connectivity index (χ1n) is 6.23. The van der Waals surface area contributed by atoms with Crippen molar-refractivity contribution in [2.75, 3.05) is 26.7 Å². The highest BCUT2D eigenvalue weighted by Crippen LogP contribution is 2.35. The summed E-state index contributed by atoms with van der Waals surface area (Å²) in [7, 11) is 2.21. The molecule has 2 aliphatic rings. The number of fused-ring (bicyclic) bond motifs is 2. The minimum Gasteiger partial charge on any atom is -0.333 e. The Morgan fingerprint density at radius 3 is 3.12 bits per heavy atom. The summed E-state index contributed by atoms with van der Waals surface area (Å²) in [6.45, 7) is 6.59. The van der Waals surface area contributed by atoms with Gasteiger partial charge in [-0.3, -0.25) is 0 Å². The van der Waals surface area contributed by atoms with Crippen LogP contribution in [0.2, 0.25) is 0 Å². The van der Waals surface area contributed by atoms with Gasteiger partial charge in [0.2, 0.25) is 0 Å². The normalized spacial score (nSPS) is 29.9. The summed E-state index contributed by atoms with van der Waals surface area (Å²) < 4.78 is 2.32. The Kier molecular flexibility index (Phi) is 2.30. The zero-order chi connectivity index (χ0) is 11.2. The van der Waals surface area contributed by atoms with E-state index in [2.05, 4.69) is 33.7 Å². The minimum atomic E-state index is 0.175. The standard InChI is InChI=1S/C12H20N4/c1-3-16-9-13-10-4-6-14-12(11(10)16)5-7-15(2)8-12/h9,14H,3-8H2,1-2H3. The molecule has 1 spiro atoms. The molecule has 1 aromatic heterocycles. The topological polar surface area (TPSA) is 33.1 Å². The van der Waals surface area contributed by atoms with Crippen molar-refractivity contribution in [3.05, 3.63) is 17.7 Å². The number of hydrogen-bond acceptors (Lipinski definition) is 3. The number of imidazole rings is 1. The lowest BCUT2D eigenvalue weighted by atomic mass is 9.88. The molecule has 1 unspecified atom stereocenters. The molecule has 1 N–H and O–H groups in total. The molecule has 1 fully saturated rings. The second kappa shape index (κ2) is 3.57. The number of aryl methyl sites for hydroxylation is 1. The molecule has 1 aromatic rings. The number of nitrogens with one attached hydrogen (secondary N) is 1. The second-order valence-corrected chi connectivity index (χ2v) is 5.07. The summed E-state index contributed by atoms with van der Waals surface area (Å²) in [6, 6.07) is 0. The highest BCUT2D eigenvalue weighted by Gasteiger charge is 2.43. The molecule has 88 valence electrons. The Hall–Kier alpha value is -0.870. The van der Waals surface area contributed by atoms with Crippen LogP contribution in [0.1, 0.15) is 24.7 Å². The molecule has 2 aliphatic heterocycles. The van der Waals surface area contributed by atoms with Gasteiger partial charge in [-0.1, -0.05) is 0 Å². The smallest absolute Gasteiger partial charge is 0.0952 e. The Morgan fingerprint density at radius 1 is 1.56 bits per heavy atom. The van der Waals surface area contributed by atoms with Gasteiger partial charge < -0.3 is 14.8 Å². The third-order valence-corrected chi connectivity index (χ3v) is 3.99. The molecule has 0 amide bonds. The van der Waals surface area contributed by atoms with E-state index in [-0.39, 0.29) is 5.54 Å². The van der Waals surface area contributed by atoms with Crippen LogP contribution in [0.15, 0.2) is 6.33 Å². The molecule has 0 aromatic carbocycles. The van der Waals surface area contributed by atoms with E-state index in [1.807, 2.05) is 6.33 Å². The van der Waals surface area contributed by atoms with Gasteiger partial charge in [0.1, 0.15) is 0 Å². The molecule has 16 heavy (non-hydrogen) atoms. The fraction of sp³-hybridized carbons (Fsp3) is 0.750. The number of likely N-dealkylation sites (N-methyl/N-ethyl adjacent to an activating group) is 1. The maximum Gasteiger partial charge on any atom is 0.0952 e. The van der Waals surface area contributed by atoms with E-state index in [4.69, 9.17) is 0 Å². The number of likely N-dealkylation sites (tertiary alicyclic amines) is 1. The third-order valence-electron chi connectivity index (χ3n) is 3.99. The van der Waals surface area contributed by atoms with Crippen molar-refractivity contribution in [2.24, 2.45) is 0 Å². The molecular weight excluding hydrogens is 200 g/mol. The van der Waals surface area contributed by atoms with Gasteiger partial charge in [0.25, 0.3) is 0 Å². The van der Waals surface area contributed by atoms with Gasteiger partial charge in [-0.2, -0.15) is 0 Å². The number of rotatable bonds is 1. The quantitative estimate of drug-likeness (QED) is 0.751. The van der Waals surface area contributed by atoms with Crippen molar-refractivity contribution in [3.8, 4) is 0 Å². The van der Waals surface area contributed by atoms with Gasteiger partial charge in [0.05, 0.1) is 23.3 Å². The summed E-state index contributed by atoms with van der Waals surface area (Å²) in [5.74, 6) is 0. The average molecular weight is 220 g/mol.